The molecule has 1 aliphatic heterocycles. The highest BCUT2D eigenvalue weighted by Crippen LogP contribution is 2.66. The molecule has 0 aromatic carbocycles. The summed E-state index contributed by atoms with van der Waals surface area (Å²) in [4.78, 5) is 24.5. The Morgan fingerprint density at radius 2 is 1.92 bits per heavy atom. The van der Waals surface area contributed by atoms with E-state index in [0.717, 1.165) is 50.7 Å². The molecule has 5 rings (SSSR count). The minimum Gasteiger partial charge on any atom is -0.463 e. The summed E-state index contributed by atoms with van der Waals surface area (Å²) >= 11 is 0. The van der Waals surface area contributed by atoms with Crippen molar-refractivity contribution in [1.82, 2.24) is 0 Å². The fourth-order valence-electron chi connectivity index (χ4n) is 6.90. The van der Waals surface area contributed by atoms with Gasteiger partial charge in [0.2, 0.25) is 0 Å². The van der Waals surface area contributed by atoms with E-state index < -0.39 is 0 Å². The van der Waals surface area contributed by atoms with E-state index in [0.29, 0.717) is 35.7 Å². The van der Waals surface area contributed by atoms with Gasteiger partial charge in [0.05, 0.1) is 0 Å². The van der Waals surface area contributed by atoms with Crippen LogP contribution in [0, 0.1) is 28.6 Å². The van der Waals surface area contributed by atoms with Crippen LogP contribution in [0.3, 0.4) is 0 Å². The quantitative estimate of drug-likeness (QED) is 0.759. The Bertz CT molecular complexity index is 687. The Balaban J connectivity index is 1.55. The predicted molar refractivity (Wildman–Crippen MR) is 89.8 cm³/mol. The van der Waals surface area contributed by atoms with Crippen LogP contribution in [-0.4, -0.2) is 11.6 Å². The highest BCUT2D eigenvalue weighted by Gasteiger charge is 2.60. The van der Waals surface area contributed by atoms with Gasteiger partial charge in [0, 0.05) is 30.1 Å². The molecule has 0 saturated heterocycles. The second kappa shape index (κ2) is 4.83. The van der Waals surface area contributed by atoms with Crippen molar-refractivity contribution in [2.24, 2.45) is 28.6 Å². The van der Waals surface area contributed by atoms with Crippen LogP contribution in [-0.2, 0) is 14.3 Å². The summed E-state index contributed by atoms with van der Waals surface area (Å²) < 4.78 is 5.41. The van der Waals surface area contributed by atoms with Crippen molar-refractivity contribution in [3.05, 3.63) is 23.7 Å². The van der Waals surface area contributed by atoms with Crippen LogP contribution in [0.15, 0.2) is 23.7 Å². The van der Waals surface area contributed by atoms with Crippen molar-refractivity contribution >= 4 is 11.6 Å². The van der Waals surface area contributed by atoms with E-state index in [1.54, 1.807) is 0 Å². The first kappa shape index (κ1) is 14.9. The fraction of sp³-hybridized carbons (Fsp3) is 0.714. The number of carbonyl (C=O) groups is 2. The number of Topliss-reactive ketones (excluding diaryl/α,β-unsaturated/α-hetero) is 1. The zero-order valence-electron chi connectivity index (χ0n) is 14.5. The van der Waals surface area contributed by atoms with Crippen molar-refractivity contribution in [3.8, 4) is 0 Å². The van der Waals surface area contributed by atoms with Crippen LogP contribution in [0.5, 0.6) is 0 Å². The minimum atomic E-state index is -0.0661. The number of hydrogen-bond donors (Lipinski definition) is 0. The molecule has 3 heteroatoms. The molecule has 24 heavy (non-hydrogen) atoms. The molecule has 0 radical (unpaired) electrons. The lowest BCUT2D eigenvalue weighted by Crippen LogP contribution is -2.51. The van der Waals surface area contributed by atoms with Gasteiger partial charge in [-0.3, -0.25) is 9.59 Å². The zero-order chi connectivity index (χ0) is 16.5. The second-order valence-corrected chi connectivity index (χ2v) is 9.00. The topological polar surface area (TPSA) is 46.7 Å². The van der Waals surface area contributed by atoms with Crippen molar-refractivity contribution in [2.45, 2.75) is 64.7 Å². The molecular formula is C21H26O3. The molecule has 0 N–H and O–H groups in total. The lowest BCUT2D eigenvalue weighted by Gasteiger charge is -2.57. The largest absolute Gasteiger partial charge is 0.463 e. The number of carbonyl (C=O) groups excluding carboxylic acids is 2. The van der Waals surface area contributed by atoms with E-state index >= 15 is 0 Å². The van der Waals surface area contributed by atoms with Crippen LogP contribution < -0.4 is 0 Å². The lowest BCUT2D eigenvalue weighted by atomic mass is 9.46. The number of ketones is 2. The summed E-state index contributed by atoms with van der Waals surface area (Å²) in [6.07, 6.45) is 12.7. The Morgan fingerprint density at radius 3 is 2.71 bits per heavy atom. The van der Waals surface area contributed by atoms with E-state index in [-0.39, 0.29) is 10.8 Å². The highest BCUT2D eigenvalue weighted by molar-refractivity contribution is 5.92. The normalized spacial score (nSPS) is 46.3. The zero-order valence-corrected chi connectivity index (χ0v) is 14.5. The van der Waals surface area contributed by atoms with Gasteiger partial charge in [-0.1, -0.05) is 12.5 Å². The van der Waals surface area contributed by atoms with Crippen molar-refractivity contribution in [1.29, 1.82) is 0 Å². The van der Waals surface area contributed by atoms with Gasteiger partial charge in [0.1, 0.15) is 17.8 Å². The third-order valence-electron chi connectivity index (χ3n) is 8.17. The molecule has 0 bridgehead atoms. The maximum absolute atomic E-state index is 12.5. The molecule has 0 aromatic heterocycles. The summed E-state index contributed by atoms with van der Waals surface area (Å²) in [7, 11) is 0. The smallest absolute Gasteiger partial charge is 0.155 e. The summed E-state index contributed by atoms with van der Waals surface area (Å²) in [6.45, 7) is 2.23. The van der Waals surface area contributed by atoms with Crippen LogP contribution in [0.2, 0.25) is 0 Å². The van der Waals surface area contributed by atoms with Gasteiger partial charge in [-0.2, -0.15) is 0 Å². The van der Waals surface area contributed by atoms with E-state index in [1.807, 2.05) is 12.3 Å². The van der Waals surface area contributed by atoms with E-state index in [9.17, 15) is 9.59 Å². The first-order valence-corrected chi connectivity index (χ1v) is 9.66. The van der Waals surface area contributed by atoms with Crippen molar-refractivity contribution in [3.63, 3.8) is 0 Å². The molecule has 5 atom stereocenters. The minimum absolute atomic E-state index is 0.0661. The highest BCUT2D eigenvalue weighted by atomic mass is 16.5. The molecule has 4 aliphatic carbocycles. The Hall–Kier alpha value is -1.38. The van der Waals surface area contributed by atoms with Gasteiger partial charge in [-0.15, -0.1) is 0 Å². The van der Waals surface area contributed by atoms with Crippen LogP contribution in [0.4, 0.5) is 0 Å². The molecule has 0 spiro atoms. The first-order chi connectivity index (χ1) is 11.5. The molecule has 3 fully saturated rings. The SMILES string of the molecule is CC12CCC3C(CCC4=CC(=O)CCC43CC3=CO3)C1CCC2=O. The molecule has 3 saturated carbocycles. The predicted octanol–water partition coefficient (Wildman–Crippen LogP) is 4.33. The average molecular weight is 326 g/mol. The standard InChI is InChI=1S/C21H26O3/c1-20-8-7-18-16(17(20)4-5-19(20)23)3-2-13-10-14(22)6-9-21(13,18)11-15-12-24-15/h10,12,16-18H,2-9,11H2,1H3. The first-order valence-electron chi connectivity index (χ1n) is 9.66. The van der Waals surface area contributed by atoms with E-state index in [2.05, 4.69) is 6.92 Å². The third kappa shape index (κ3) is 1.90. The van der Waals surface area contributed by atoms with Gasteiger partial charge in [0.25, 0.3) is 0 Å². The van der Waals surface area contributed by atoms with Crippen LogP contribution >= 0.6 is 0 Å². The Labute approximate surface area is 143 Å². The molecule has 1 heterocycles. The fourth-order valence-corrected chi connectivity index (χ4v) is 6.90. The Kier molecular flexibility index (Phi) is 3.00. The maximum atomic E-state index is 12.5. The van der Waals surface area contributed by atoms with Gasteiger partial charge < -0.3 is 4.74 Å². The van der Waals surface area contributed by atoms with Gasteiger partial charge in [0.15, 0.2) is 5.78 Å². The number of ether oxygens (including phenoxy) is 1. The maximum Gasteiger partial charge on any atom is 0.155 e. The molecular weight excluding hydrogens is 300 g/mol. The monoisotopic (exact) mass is 326 g/mol. The molecule has 0 aromatic rings. The van der Waals surface area contributed by atoms with E-state index in [1.165, 1.54) is 12.0 Å². The summed E-state index contributed by atoms with van der Waals surface area (Å²) in [5.41, 5.74) is 1.46. The summed E-state index contributed by atoms with van der Waals surface area (Å²) in [5.74, 6) is 3.77. The van der Waals surface area contributed by atoms with Crippen LogP contribution in [0.25, 0.3) is 0 Å². The summed E-state index contributed by atoms with van der Waals surface area (Å²) in [6, 6.07) is 0. The summed E-state index contributed by atoms with van der Waals surface area (Å²) in [5, 5.41) is 0. The van der Waals surface area contributed by atoms with Gasteiger partial charge >= 0.3 is 0 Å². The van der Waals surface area contributed by atoms with E-state index in [4.69, 9.17) is 4.74 Å². The lowest BCUT2D eigenvalue weighted by molar-refractivity contribution is -0.133. The number of allylic oxidation sites excluding steroid dienone is 2. The number of hydrogen-bond acceptors (Lipinski definition) is 3. The molecule has 3 nitrogen and oxygen atoms in total. The Morgan fingerprint density at radius 1 is 1.08 bits per heavy atom. The van der Waals surface area contributed by atoms with Gasteiger partial charge in [-0.25, -0.2) is 0 Å². The molecule has 0 amide bonds. The molecule has 5 aliphatic rings. The number of fused-ring (bicyclic) bond motifs is 5. The number of rotatable bonds is 2. The van der Waals surface area contributed by atoms with Crippen molar-refractivity contribution in [2.75, 3.05) is 0 Å². The molecule has 5 unspecified atom stereocenters. The van der Waals surface area contributed by atoms with Crippen molar-refractivity contribution < 1.29 is 14.3 Å². The third-order valence-corrected chi connectivity index (χ3v) is 8.17. The average Bonchev–Trinajstić information content (AvgIpc) is 3.32. The second-order valence-electron chi connectivity index (χ2n) is 9.00. The molecule has 128 valence electrons. The van der Waals surface area contributed by atoms with Gasteiger partial charge in [-0.05, 0) is 62.4 Å². The van der Waals surface area contributed by atoms with Crippen LogP contribution in [0.1, 0.15) is 64.7 Å².